The van der Waals surface area contributed by atoms with Crippen LogP contribution in [0.2, 0.25) is 0 Å². The lowest BCUT2D eigenvalue weighted by Gasteiger charge is -2.42. The Morgan fingerprint density at radius 2 is 0.577 bits per heavy atom. The molecule has 3 fully saturated rings. The van der Waals surface area contributed by atoms with E-state index >= 15 is 28.8 Å². The maximum absolute atomic E-state index is 16.3. The fourth-order valence-corrected chi connectivity index (χ4v) is 12.4. The van der Waals surface area contributed by atoms with Gasteiger partial charge >= 0.3 is 0 Å². The van der Waals surface area contributed by atoms with Gasteiger partial charge in [-0.25, -0.2) is 0 Å². The van der Waals surface area contributed by atoms with Crippen molar-refractivity contribution < 1.29 is 28.8 Å². The number of amides is 6. The molecule has 4 aromatic rings. The van der Waals surface area contributed by atoms with Crippen molar-refractivity contribution in [1.29, 1.82) is 0 Å². The molecule has 3 N–H and O–H groups in total. The summed E-state index contributed by atoms with van der Waals surface area (Å²) in [6.45, 7) is 17.2. The molecule has 0 unspecified atom stereocenters. The van der Waals surface area contributed by atoms with Gasteiger partial charge in [0.15, 0.2) is 0 Å². The molecule has 0 heterocycles. The van der Waals surface area contributed by atoms with Crippen molar-refractivity contribution in [1.82, 2.24) is 30.7 Å². The van der Waals surface area contributed by atoms with E-state index in [2.05, 4.69) is 63.7 Å². The molecule has 12 nitrogen and oxygen atoms in total. The Kier molecular flexibility index (Phi) is 20.4. The molecule has 420 valence electrons. The Bertz CT molecular complexity index is 2440. The molecule has 3 aliphatic rings. The molecule has 3 saturated carbocycles. The normalized spacial score (nSPS) is 17.2. The lowest BCUT2D eigenvalue weighted by atomic mass is 9.88. The number of nitrogens with zero attached hydrogens (tertiary/aromatic N) is 3. The molecule has 0 aliphatic heterocycles. The molecular formula is C63H81Br3N6O6. The number of carbonyl (C=O) groups is 6. The van der Waals surface area contributed by atoms with Crippen molar-refractivity contribution in [2.24, 2.45) is 0 Å². The zero-order valence-electron chi connectivity index (χ0n) is 47.2. The first kappa shape index (κ1) is 60.8. The Morgan fingerprint density at radius 1 is 0.372 bits per heavy atom. The first-order valence-corrected chi connectivity index (χ1v) is 30.5. The molecule has 3 aliphatic carbocycles. The first-order valence-electron chi connectivity index (χ1n) is 28.1. The van der Waals surface area contributed by atoms with Crippen molar-refractivity contribution in [2.75, 3.05) is 0 Å². The first-order chi connectivity index (χ1) is 36.8. The van der Waals surface area contributed by atoms with E-state index in [1.54, 1.807) is 32.9 Å². The molecule has 0 spiro atoms. The highest BCUT2D eigenvalue weighted by atomic mass is 79.9. The van der Waals surface area contributed by atoms with Gasteiger partial charge < -0.3 is 30.7 Å². The average Bonchev–Trinajstić information content (AvgIpc) is 3.44. The average molecular weight is 1260 g/mol. The summed E-state index contributed by atoms with van der Waals surface area (Å²) in [5, 5.41) is 9.57. The van der Waals surface area contributed by atoms with Gasteiger partial charge in [0.2, 0.25) is 17.7 Å². The van der Waals surface area contributed by atoms with Crippen molar-refractivity contribution in [3.05, 3.63) is 138 Å². The topological polar surface area (TPSA) is 148 Å². The minimum atomic E-state index is -1.09. The molecule has 0 radical (unpaired) electrons. The van der Waals surface area contributed by atoms with Gasteiger partial charge in [0.05, 0.1) is 0 Å². The summed E-state index contributed by atoms with van der Waals surface area (Å²) < 4.78 is 2.43. The summed E-state index contributed by atoms with van der Waals surface area (Å²) in [7, 11) is 0. The number of rotatable bonds is 15. The van der Waals surface area contributed by atoms with Crippen LogP contribution in [0, 0.1) is 0 Å². The van der Waals surface area contributed by atoms with Crippen LogP contribution in [0.4, 0.5) is 0 Å². The Morgan fingerprint density at radius 3 is 0.769 bits per heavy atom. The molecule has 0 bridgehead atoms. The van der Waals surface area contributed by atoms with Crippen LogP contribution in [0.15, 0.2) is 104 Å². The summed E-state index contributed by atoms with van der Waals surface area (Å²) >= 11 is 10.7. The minimum absolute atomic E-state index is 0.0475. The van der Waals surface area contributed by atoms with Crippen molar-refractivity contribution in [2.45, 2.75) is 211 Å². The molecule has 3 atom stereocenters. The van der Waals surface area contributed by atoms with Gasteiger partial charge in [-0.15, -0.1) is 0 Å². The maximum Gasteiger partial charge on any atom is 0.255 e. The van der Waals surface area contributed by atoms with Crippen molar-refractivity contribution in [3.8, 4) is 0 Å². The summed E-state index contributed by atoms with van der Waals surface area (Å²) in [6, 6.07) is 22.6. The summed E-state index contributed by atoms with van der Waals surface area (Å²) in [5.41, 5.74) is 0.00919. The van der Waals surface area contributed by atoms with E-state index in [9.17, 15) is 0 Å². The standard InChI is InChI=1S/C63H81Br3N6O6/c1-61(2,3)67-55(73)52(40-25-31-46(64)32-26-40)70(49-19-13-10-14-20-49)58(76)43-37-44(59(77)71(50-21-15-11-16-22-50)53(56(74)68-62(4,5)6)41-27-33-47(65)34-28-41)39-45(38-43)60(78)72(51-23-17-12-18-24-51)54(57(75)69-63(7,8)9)42-29-35-48(66)36-30-42/h25-39,49-54H,10-24H2,1-9H3,(H,67,73)(H,68,74)(H,69,75)/t52-,53-,54-/m0/s1. The van der Waals surface area contributed by atoms with Crippen LogP contribution in [0.5, 0.6) is 0 Å². The Balaban J connectivity index is 1.51. The third kappa shape index (κ3) is 15.9. The van der Waals surface area contributed by atoms with E-state index in [0.29, 0.717) is 55.2 Å². The van der Waals surface area contributed by atoms with Crippen LogP contribution in [0.25, 0.3) is 0 Å². The number of nitrogens with one attached hydrogen (secondary N) is 3. The fourth-order valence-electron chi connectivity index (χ4n) is 11.6. The molecular weight excluding hydrogens is 1180 g/mol. The zero-order chi connectivity index (χ0) is 56.7. The van der Waals surface area contributed by atoms with E-state index in [-0.39, 0.29) is 52.5 Å². The zero-order valence-corrected chi connectivity index (χ0v) is 51.9. The smallest absolute Gasteiger partial charge is 0.255 e. The van der Waals surface area contributed by atoms with Gasteiger partial charge in [-0.2, -0.15) is 0 Å². The second-order valence-corrected chi connectivity index (χ2v) is 27.6. The summed E-state index contributed by atoms with van der Waals surface area (Å²) in [4.78, 5) is 99.1. The third-order valence-electron chi connectivity index (χ3n) is 14.9. The number of benzene rings is 4. The molecule has 6 amide bonds. The maximum atomic E-state index is 16.3. The highest BCUT2D eigenvalue weighted by Gasteiger charge is 2.44. The van der Waals surface area contributed by atoms with Crippen LogP contribution < -0.4 is 16.0 Å². The highest BCUT2D eigenvalue weighted by Crippen LogP contribution is 2.39. The fraction of sp³-hybridized carbons (Fsp3) is 0.524. The highest BCUT2D eigenvalue weighted by molar-refractivity contribution is 9.11. The lowest BCUT2D eigenvalue weighted by Crippen LogP contribution is -2.53. The SMILES string of the molecule is CC(C)(C)NC(=O)[C@H](c1ccc(Br)cc1)N(C(=O)c1cc(C(=O)N(C2CCCCC2)[C@H](C(=O)NC(C)(C)C)c2ccc(Br)cc2)cc(C(=O)N(C2CCCCC2)[C@H](C(=O)NC(C)(C)C)c2ccc(Br)cc2)c1)C1CCCCC1. The van der Waals surface area contributed by atoms with Crippen LogP contribution in [-0.2, 0) is 14.4 Å². The van der Waals surface area contributed by atoms with Crippen LogP contribution >= 0.6 is 47.8 Å². The van der Waals surface area contributed by atoms with Gasteiger partial charge in [-0.05, 0) is 172 Å². The number of halogens is 3. The molecule has 78 heavy (non-hydrogen) atoms. The van der Waals surface area contributed by atoms with Crippen LogP contribution in [-0.4, -0.2) is 84.9 Å². The predicted octanol–water partition coefficient (Wildman–Crippen LogP) is 14.3. The summed E-state index contributed by atoms with van der Waals surface area (Å²) in [6.07, 6.45) is 11.9. The Hall–Kier alpha value is -4.86. The monoisotopic (exact) mass is 1250 g/mol. The van der Waals surface area contributed by atoms with Gasteiger partial charge in [0, 0.05) is 64.9 Å². The van der Waals surface area contributed by atoms with Gasteiger partial charge in [0.1, 0.15) is 18.1 Å². The predicted molar refractivity (Wildman–Crippen MR) is 320 cm³/mol. The number of hydrogen-bond donors (Lipinski definition) is 3. The van der Waals surface area contributed by atoms with Crippen LogP contribution in [0.3, 0.4) is 0 Å². The molecule has 15 heteroatoms. The molecule has 4 aromatic carbocycles. The van der Waals surface area contributed by atoms with Crippen LogP contribution in [0.1, 0.15) is 225 Å². The largest absolute Gasteiger partial charge is 0.349 e. The lowest BCUT2D eigenvalue weighted by molar-refractivity contribution is -0.129. The van der Waals surface area contributed by atoms with E-state index < -0.39 is 52.5 Å². The van der Waals surface area contributed by atoms with Crippen molar-refractivity contribution in [3.63, 3.8) is 0 Å². The second-order valence-electron chi connectivity index (χ2n) is 24.9. The van der Waals surface area contributed by atoms with E-state index in [1.165, 1.54) is 0 Å². The van der Waals surface area contributed by atoms with Gasteiger partial charge in [-0.1, -0.05) is 142 Å². The van der Waals surface area contributed by atoms with E-state index in [1.807, 2.05) is 135 Å². The Labute approximate surface area is 488 Å². The number of hydrogen-bond acceptors (Lipinski definition) is 6. The van der Waals surface area contributed by atoms with Gasteiger partial charge in [-0.3, -0.25) is 28.8 Å². The summed E-state index contributed by atoms with van der Waals surface area (Å²) in [5.74, 6) is -2.61. The molecule has 0 aromatic heterocycles. The minimum Gasteiger partial charge on any atom is -0.349 e. The second kappa shape index (κ2) is 26.2. The number of carbonyl (C=O) groups excluding carboxylic acids is 6. The quantitative estimate of drug-likeness (QED) is 0.108. The van der Waals surface area contributed by atoms with Gasteiger partial charge in [0.25, 0.3) is 17.7 Å². The van der Waals surface area contributed by atoms with Crippen molar-refractivity contribution >= 4 is 83.2 Å². The third-order valence-corrected chi connectivity index (χ3v) is 16.5. The molecule has 7 rings (SSSR count). The molecule has 0 saturated heterocycles. The van der Waals surface area contributed by atoms with E-state index in [4.69, 9.17) is 0 Å². The van der Waals surface area contributed by atoms with E-state index in [0.717, 1.165) is 71.2 Å².